The van der Waals surface area contributed by atoms with Crippen molar-refractivity contribution < 1.29 is 14.4 Å². The zero-order chi connectivity index (χ0) is 13.3. The summed E-state index contributed by atoms with van der Waals surface area (Å²) in [7, 11) is 0. The van der Waals surface area contributed by atoms with Crippen molar-refractivity contribution >= 4 is 17.6 Å². The van der Waals surface area contributed by atoms with E-state index < -0.39 is 0 Å². The van der Waals surface area contributed by atoms with E-state index in [1.165, 1.54) is 0 Å². The lowest BCUT2D eigenvalue weighted by atomic mass is 10.0. The van der Waals surface area contributed by atoms with E-state index in [0.29, 0.717) is 17.5 Å². The summed E-state index contributed by atoms with van der Waals surface area (Å²) in [5.74, 6) is -0.944. The number of hydrogen-bond acceptors (Lipinski definition) is 3. The zero-order valence-electron chi connectivity index (χ0n) is 10.5. The van der Waals surface area contributed by atoms with Gasteiger partial charge in [-0.05, 0) is 18.6 Å². The standard InChI is InChI=1S/C14H15NO3/c1-3-9(2)12(16)8-15-13(17)10-6-4-5-7-11(10)14(15)18/h4-7,9H,3,8H2,1-2H3. The summed E-state index contributed by atoms with van der Waals surface area (Å²) in [4.78, 5) is 36.9. The maximum absolute atomic E-state index is 12.0. The van der Waals surface area contributed by atoms with E-state index in [2.05, 4.69) is 0 Å². The fourth-order valence-corrected chi connectivity index (χ4v) is 1.92. The summed E-state index contributed by atoms with van der Waals surface area (Å²) in [6.45, 7) is 3.59. The molecule has 4 heteroatoms. The van der Waals surface area contributed by atoms with Crippen LogP contribution >= 0.6 is 0 Å². The van der Waals surface area contributed by atoms with Crippen LogP contribution in [0.15, 0.2) is 24.3 Å². The van der Waals surface area contributed by atoms with Gasteiger partial charge in [-0.3, -0.25) is 19.3 Å². The van der Waals surface area contributed by atoms with Crippen LogP contribution in [-0.4, -0.2) is 29.0 Å². The number of hydrogen-bond donors (Lipinski definition) is 0. The molecule has 0 saturated heterocycles. The lowest BCUT2D eigenvalue weighted by Crippen LogP contribution is -2.36. The molecule has 18 heavy (non-hydrogen) atoms. The molecule has 1 aromatic carbocycles. The number of ketones is 1. The number of amides is 2. The van der Waals surface area contributed by atoms with E-state index in [0.717, 1.165) is 4.90 Å². The second-order valence-electron chi connectivity index (χ2n) is 4.52. The van der Waals surface area contributed by atoms with Crippen LogP contribution in [0.4, 0.5) is 0 Å². The Balaban J connectivity index is 2.22. The molecule has 1 aromatic rings. The molecule has 0 N–H and O–H groups in total. The van der Waals surface area contributed by atoms with Gasteiger partial charge in [0.15, 0.2) is 5.78 Å². The summed E-state index contributed by atoms with van der Waals surface area (Å²) in [6.07, 6.45) is 0.710. The van der Waals surface area contributed by atoms with Gasteiger partial charge in [0.1, 0.15) is 0 Å². The molecule has 1 aliphatic rings. The molecule has 2 rings (SSSR count). The molecule has 1 heterocycles. The topological polar surface area (TPSA) is 54.5 Å². The maximum Gasteiger partial charge on any atom is 0.261 e. The van der Waals surface area contributed by atoms with E-state index in [4.69, 9.17) is 0 Å². The smallest absolute Gasteiger partial charge is 0.261 e. The largest absolute Gasteiger partial charge is 0.297 e. The van der Waals surface area contributed by atoms with Gasteiger partial charge in [-0.25, -0.2) is 0 Å². The van der Waals surface area contributed by atoms with Crippen molar-refractivity contribution in [3.63, 3.8) is 0 Å². The van der Waals surface area contributed by atoms with Crippen molar-refractivity contribution in [2.24, 2.45) is 5.92 Å². The Morgan fingerprint density at radius 2 is 1.67 bits per heavy atom. The van der Waals surface area contributed by atoms with Crippen LogP contribution in [0.2, 0.25) is 0 Å². The molecule has 4 nitrogen and oxygen atoms in total. The molecule has 0 bridgehead atoms. The third-order valence-corrected chi connectivity index (χ3v) is 3.35. The highest BCUT2D eigenvalue weighted by molar-refractivity contribution is 6.22. The first kappa shape index (κ1) is 12.5. The van der Waals surface area contributed by atoms with Crippen molar-refractivity contribution in [3.05, 3.63) is 35.4 Å². The second kappa shape index (κ2) is 4.72. The van der Waals surface area contributed by atoms with E-state index in [1.54, 1.807) is 31.2 Å². The highest BCUT2D eigenvalue weighted by Crippen LogP contribution is 2.22. The molecule has 0 spiro atoms. The maximum atomic E-state index is 12.0. The first-order valence-electron chi connectivity index (χ1n) is 6.04. The van der Waals surface area contributed by atoms with Crippen molar-refractivity contribution in [3.8, 4) is 0 Å². The fourth-order valence-electron chi connectivity index (χ4n) is 1.92. The van der Waals surface area contributed by atoms with Crippen molar-refractivity contribution in [1.82, 2.24) is 4.90 Å². The summed E-state index contributed by atoms with van der Waals surface area (Å²) >= 11 is 0. The highest BCUT2D eigenvalue weighted by atomic mass is 16.2. The molecule has 0 saturated carbocycles. The monoisotopic (exact) mass is 245 g/mol. The Morgan fingerprint density at radius 3 is 2.11 bits per heavy atom. The van der Waals surface area contributed by atoms with E-state index in [9.17, 15) is 14.4 Å². The van der Waals surface area contributed by atoms with Gasteiger partial charge >= 0.3 is 0 Å². The summed E-state index contributed by atoms with van der Waals surface area (Å²) < 4.78 is 0. The van der Waals surface area contributed by atoms with Crippen LogP contribution in [0.1, 0.15) is 41.0 Å². The normalized spacial score (nSPS) is 15.8. The van der Waals surface area contributed by atoms with Gasteiger partial charge in [-0.2, -0.15) is 0 Å². The van der Waals surface area contributed by atoms with Gasteiger partial charge in [-0.1, -0.05) is 26.0 Å². The Kier molecular flexibility index (Phi) is 3.28. The number of imide groups is 1. The molecule has 0 aromatic heterocycles. The molecular weight excluding hydrogens is 230 g/mol. The summed E-state index contributed by atoms with van der Waals surface area (Å²) in [5.41, 5.74) is 0.777. The SMILES string of the molecule is CCC(C)C(=O)CN1C(=O)c2ccccc2C1=O. The fraction of sp³-hybridized carbons (Fsp3) is 0.357. The lowest BCUT2D eigenvalue weighted by molar-refractivity contribution is -0.122. The van der Waals surface area contributed by atoms with Gasteiger partial charge in [-0.15, -0.1) is 0 Å². The first-order valence-corrected chi connectivity index (χ1v) is 6.04. The molecule has 2 amide bonds. The van der Waals surface area contributed by atoms with Crippen molar-refractivity contribution in [2.75, 3.05) is 6.54 Å². The van der Waals surface area contributed by atoms with Gasteiger partial charge in [0.05, 0.1) is 17.7 Å². The predicted octanol–water partition coefficient (Wildman–Crippen LogP) is 1.90. The molecule has 0 fully saturated rings. The number of carbonyl (C=O) groups excluding carboxylic acids is 3. The zero-order valence-corrected chi connectivity index (χ0v) is 10.5. The van der Waals surface area contributed by atoms with Gasteiger partial charge in [0.2, 0.25) is 0 Å². The number of nitrogens with zero attached hydrogens (tertiary/aromatic N) is 1. The minimum Gasteiger partial charge on any atom is -0.297 e. The van der Waals surface area contributed by atoms with Crippen LogP contribution in [0.5, 0.6) is 0 Å². The van der Waals surface area contributed by atoms with Crippen molar-refractivity contribution in [1.29, 1.82) is 0 Å². The Morgan fingerprint density at radius 1 is 1.17 bits per heavy atom. The molecule has 0 aliphatic carbocycles. The third kappa shape index (κ3) is 1.94. The Bertz CT molecular complexity index is 487. The number of fused-ring (bicyclic) bond motifs is 1. The van der Waals surface area contributed by atoms with Crippen LogP contribution in [0, 0.1) is 5.92 Å². The average molecular weight is 245 g/mol. The van der Waals surface area contributed by atoms with E-state index in [1.807, 2.05) is 6.92 Å². The lowest BCUT2D eigenvalue weighted by Gasteiger charge is -2.15. The van der Waals surface area contributed by atoms with E-state index in [-0.39, 0.29) is 30.1 Å². The summed E-state index contributed by atoms with van der Waals surface area (Å²) in [6, 6.07) is 6.65. The van der Waals surface area contributed by atoms with Crippen molar-refractivity contribution in [2.45, 2.75) is 20.3 Å². The molecule has 1 aliphatic heterocycles. The van der Waals surface area contributed by atoms with Gasteiger partial charge < -0.3 is 0 Å². The molecule has 0 radical (unpaired) electrons. The van der Waals surface area contributed by atoms with Gasteiger partial charge in [0, 0.05) is 5.92 Å². The minimum atomic E-state index is -0.368. The number of benzene rings is 1. The molecule has 1 unspecified atom stereocenters. The molecular formula is C14H15NO3. The van der Waals surface area contributed by atoms with Gasteiger partial charge in [0.25, 0.3) is 11.8 Å². The highest BCUT2D eigenvalue weighted by Gasteiger charge is 2.36. The first-order chi connectivity index (χ1) is 8.56. The minimum absolute atomic E-state index is 0.0768. The van der Waals surface area contributed by atoms with Crippen LogP contribution in [0.3, 0.4) is 0 Å². The number of carbonyl (C=O) groups is 3. The number of rotatable bonds is 4. The van der Waals surface area contributed by atoms with Crippen LogP contribution < -0.4 is 0 Å². The second-order valence-corrected chi connectivity index (χ2v) is 4.52. The quantitative estimate of drug-likeness (QED) is 0.761. The van der Waals surface area contributed by atoms with Crippen LogP contribution in [-0.2, 0) is 4.79 Å². The Labute approximate surface area is 106 Å². The van der Waals surface area contributed by atoms with Crippen LogP contribution in [0.25, 0.3) is 0 Å². The Hall–Kier alpha value is -1.97. The average Bonchev–Trinajstić information content (AvgIpc) is 2.63. The van der Waals surface area contributed by atoms with E-state index >= 15 is 0 Å². The summed E-state index contributed by atoms with van der Waals surface area (Å²) in [5, 5.41) is 0. The predicted molar refractivity (Wildman–Crippen MR) is 66.3 cm³/mol. The molecule has 94 valence electrons. The molecule has 1 atom stereocenters. The third-order valence-electron chi connectivity index (χ3n) is 3.35. The number of Topliss-reactive ketones (excluding diaryl/α,β-unsaturated/α-hetero) is 1.